The van der Waals surface area contributed by atoms with Gasteiger partial charge in [0, 0.05) is 27.6 Å². The zero-order valence-corrected chi connectivity index (χ0v) is 16.7. The molecule has 158 valence electrons. The number of hydrogen-bond donors (Lipinski definition) is 2. The van der Waals surface area contributed by atoms with Crippen molar-refractivity contribution in [3.63, 3.8) is 0 Å². The van der Waals surface area contributed by atoms with Crippen LogP contribution in [0.2, 0.25) is 0 Å². The van der Waals surface area contributed by atoms with Gasteiger partial charge in [0.2, 0.25) is 5.88 Å². The molecule has 0 radical (unpaired) electrons. The van der Waals surface area contributed by atoms with Gasteiger partial charge in [-0.3, -0.25) is 9.59 Å². The number of sulfonamides is 1. The molecular weight excluding hydrogens is 426 g/mol. The molecular formula is C20H21N3O5S2. The largest absolute Gasteiger partial charge is 0.337 e. The molecule has 0 saturated carbocycles. The summed E-state index contributed by atoms with van der Waals surface area (Å²) in [6, 6.07) is 0.286. The summed E-state index contributed by atoms with van der Waals surface area (Å²) >= 11 is 0.512. The van der Waals surface area contributed by atoms with Gasteiger partial charge in [0.15, 0.2) is 5.78 Å². The minimum atomic E-state index is -4.79. The number of benzene rings is 1. The van der Waals surface area contributed by atoms with Gasteiger partial charge >= 0.3 is 0 Å². The summed E-state index contributed by atoms with van der Waals surface area (Å²) in [5.41, 5.74) is -4.91. The molecule has 1 amide bonds. The fraction of sp³-hybridized carbons (Fsp3) is 0.250. The third kappa shape index (κ3) is 4.14. The second-order valence-corrected chi connectivity index (χ2v) is 8.39. The summed E-state index contributed by atoms with van der Waals surface area (Å²) < 4.78 is 133. The Morgan fingerprint density at radius 1 is 1.30 bits per heavy atom. The van der Waals surface area contributed by atoms with Crippen molar-refractivity contribution < 1.29 is 40.3 Å². The van der Waals surface area contributed by atoms with E-state index in [1.54, 1.807) is 0 Å². The van der Waals surface area contributed by atoms with Crippen molar-refractivity contribution in [2.45, 2.75) is 39.2 Å². The van der Waals surface area contributed by atoms with Crippen LogP contribution in [-0.4, -0.2) is 25.3 Å². The topological polar surface area (TPSA) is 118 Å². The van der Waals surface area contributed by atoms with Crippen molar-refractivity contribution in [3.05, 3.63) is 56.4 Å². The van der Waals surface area contributed by atoms with Gasteiger partial charge in [-0.25, -0.2) is 13.1 Å². The number of ketones is 1. The van der Waals surface area contributed by atoms with Crippen molar-refractivity contribution in [1.29, 1.82) is 0 Å². The van der Waals surface area contributed by atoms with E-state index in [2.05, 4.69) is 5.16 Å². The van der Waals surface area contributed by atoms with Crippen LogP contribution in [0.3, 0.4) is 0 Å². The van der Waals surface area contributed by atoms with Crippen molar-refractivity contribution >= 4 is 44.6 Å². The maximum absolute atomic E-state index is 13.4. The van der Waals surface area contributed by atoms with Crippen LogP contribution in [0.15, 0.2) is 33.0 Å². The lowest BCUT2D eigenvalue weighted by atomic mass is 10.0. The standard InChI is InChI=1S/C20H21N3O5S2/c1-10-8-11(2)17(15(9-10)14(5)24)21-19(25)18-16(6-7-29-18)30(26,27)23-20-12(3)13(4)22-28-20/h6-9,23H,1-5H3,(H,21,25)/i1D3,2D3,3D3,5D3,8D. The predicted molar refractivity (Wildman–Crippen MR) is 115 cm³/mol. The average molecular weight is 461 g/mol. The average Bonchev–Trinajstić information content (AvgIpc) is 3.43. The molecule has 0 unspecified atom stereocenters. The van der Waals surface area contributed by atoms with Gasteiger partial charge in [0.05, 0.1) is 12.8 Å². The van der Waals surface area contributed by atoms with Gasteiger partial charge in [0.25, 0.3) is 15.9 Å². The smallest absolute Gasteiger partial charge is 0.267 e. The first-order valence-corrected chi connectivity index (χ1v) is 10.3. The molecule has 0 aliphatic rings. The minimum Gasteiger partial charge on any atom is -0.337 e. The molecule has 0 atom stereocenters. The van der Waals surface area contributed by atoms with Gasteiger partial charge in [-0.2, -0.15) is 0 Å². The lowest BCUT2D eigenvalue weighted by Gasteiger charge is -2.14. The summed E-state index contributed by atoms with van der Waals surface area (Å²) in [7, 11) is -4.79. The summed E-state index contributed by atoms with van der Waals surface area (Å²) in [5, 5.41) is 6.57. The van der Waals surface area contributed by atoms with Crippen molar-refractivity contribution in [2.75, 3.05) is 10.0 Å². The van der Waals surface area contributed by atoms with Gasteiger partial charge in [-0.05, 0) is 63.0 Å². The van der Waals surface area contributed by atoms with Crippen LogP contribution in [0.5, 0.6) is 0 Å². The molecule has 8 nitrogen and oxygen atoms in total. The lowest BCUT2D eigenvalue weighted by molar-refractivity contribution is 0.101. The Morgan fingerprint density at radius 3 is 2.83 bits per heavy atom. The predicted octanol–water partition coefficient (Wildman–Crippen LogP) is 4.23. The zero-order chi connectivity index (χ0) is 33.1. The number of nitrogens with zero attached hydrogens (tertiary/aromatic N) is 1. The molecule has 1 aromatic carbocycles. The lowest BCUT2D eigenvalue weighted by Crippen LogP contribution is -2.20. The fourth-order valence-corrected chi connectivity index (χ4v) is 4.67. The maximum Gasteiger partial charge on any atom is 0.267 e. The molecule has 0 fully saturated rings. The second-order valence-electron chi connectivity index (χ2n) is 5.82. The van der Waals surface area contributed by atoms with Gasteiger partial charge in [0.1, 0.15) is 9.77 Å². The van der Waals surface area contributed by atoms with Gasteiger partial charge < -0.3 is 9.84 Å². The molecule has 0 spiro atoms. The third-order valence-corrected chi connectivity index (χ3v) is 6.18. The summed E-state index contributed by atoms with van der Waals surface area (Å²) in [6.45, 7) is -11.6. The molecule has 3 rings (SSSR count). The number of nitrogens with one attached hydrogen (secondary N) is 2. The quantitative estimate of drug-likeness (QED) is 0.532. The summed E-state index contributed by atoms with van der Waals surface area (Å²) in [6.07, 6.45) is 0. The number of rotatable bonds is 6. The molecule has 2 N–H and O–H groups in total. The van der Waals surface area contributed by atoms with Crippen LogP contribution in [0.4, 0.5) is 11.6 Å². The Morgan fingerprint density at radius 2 is 2.13 bits per heavy atom. The van der Waals surface area contributed by atoms with Crippen molar-refractivity contribution in [3.8, 4) is 0 Å². The second kappa shape index (κ2) is 8.04. The van der Waals surface area contributed by atoms with Gasteiger partial charge in [-0.1, -0.05) is 11.2 Å². The van der Waals surface area contributed by atoms with E-state index in [1.165, 1.54) is 6.92 Å². The number of aromatic nitrogens is 1. The molecule has 0 saturated heterocycles. The number of thiophene rings is 1. The Labute approximate surface area is 196 Å². The Kier molecular flexibility index (Phi) is 2.78. The number of carbonyl (C=O) groups is 2. The third-order valence-electron chi connectivity index (χ3n) is 3.77. The molecule has 0 aliphatic carbocycles. The van der Waals surface area contributed by atoms with E-state index in [0.717, 1.165) is 11.4 Å². The number of amides is 1. The highest BCUT2D eigenvalue weighted by atomic mass is 32.2. The molecule has 3 aromatic rings. The van der Waals surface area contributed by atoms with Crippen LogP contribution in [0, 0.1) is 27.5 Å². The monoisotopic (exact) mass is 460 g/mol. The first kappa shape index (κ1) is 10.4. The minimum absolute atomic E-state index is 0.142. The van der Waals surface area contributed by atoms with E-state index in [0.29, 0.717) is 17.4 Å². The molecule has 0 aliphatic heterocycles. The van der Waals surface area contributed by atoms with Crippen LogP contribution in [-0.2, 0) is 10.0 Å². The van der Waals surface area contributed by atoms with Gasteiger partial charge in [-0.15, -0.1) is 11.3 Å². The molecule has 30 heavy (non-hydrogen) atoms. The molecule has 2 heterocycles. The van der Waals surface area contributed by atoms with Crippen molar-refractivity contribution in [2.24, 2.45) is 0 Å². The van der Waals surface area contributed by atoms with E-state index in [1.807, 2.05) is 10.0 Å². The highest BCUT2D eigenvalue weighted by molar-refractivity contribution is 7.93. The van der Waals surface area contributed by atoms with E-state index in [9.17, 15) is 18.0 Å². The van der Waals surface area contributed by atoms with E-state index in [4.69, 9.17) is 22.3 Å². The number of carbonyl (C=O) groups excluding carboxylic acids is 2. The highest BCUT2D eigenvalue weighted by Crippen LogP contribution is 2.29. The van der Waals surface area contributed by atoms with E-state index in [-0.39, 0.29) is 5.69 Å². The van der Waals surface area contributed by atoms with Crippen LogP contribution in [0.25, 0.3) is 0 Å². The Balaban J connectivity index is 2.20. The maximum atomic E-state index is 13.4. The SMILES string of the molecule is [2H]c1c(C([2H])([2H])[2H])cc(C(=O)C([2H])([2H])[2H])c(NC(=O)c2sccc2S(=O)(=O)Nc2onc(C)c2C([2H])([2H])[2H])c1C([2H])([2H])[2H]. The zero-order valence-electron chi connectivity index (χ0n) is 28.0. The highest BCUT2D eigenvalue weighted by Gasteiger charge is 2.27. The normalized spacial score (nSPS) is 19.4. The molecule has 10 heteroatoms. The van der Waals surface area contributed by atoms with Crippen LogP contribution >= 0.6 is 11.3 Å². The van der Waals surface area contributed by atoms with E-state index < -0.39 is 98.8 Å². The number of aryl methyl sites for hydroxylation is 2. The van der Waals surface area contributed by atoms with Crippen LogP contribution in [0.1, 0.15) is 67.1 Å². The molecule has 2 aromatic heterocycles. The Bertz CT molecular complexity index is 1700. The number of anilines is 2. The first-order valence-electron chi connectivity index (χ1n) is 14.4. The number of Topliss-reactive ketones (excluding diaryl/α,β-unsaturated/α-hetero) is 1. The Hall–Kier alpha value is -2.98. The molecule has 0 bridgehead atoms. The van der Waals surface area contributed by atoms with E-state index >= 15 is 0 Å². The summed E-state index contributed by atoms with van der Waals surface area (Å²) in [4.78, 5) is 24.9. The van der Waals surface area contributed by atoms with Crippen molar-refractivity contribution in [1.82, 2.24) is 5.16 Å². The van der Waals surface area contributed by atoms with Crippen LogP contribution < -0.4 is 10.0 Å². The summed E-state index contributed by atoms with van der Waals surface area (Å²) in [5.74, 6) is -3.90. The first-order chi connectivity index (χ1) is 19.3. The fourth-order valence-electron chi connectivity index (χ4n) is 2.35. The number of hydrogen-bond acceptors (Lipinski definition) is 7.